The molecule has 1 aromatic rings. The van der Waals surface area contributed by atoms with E-state index >= 15 is 0 Å². The molecular weight excluding hydrogens is 310 g/mol. The van der Waals surface area contributed by atoms with Crippen LogP contribution < -0.4 is 10.1 Å². The van der Waals surface area contributed by atoms with Gasteiger partial charge in [0.15, 0.2) is 0 Å². The van der Waals surface area contributed by atoms with Crippen molar-refractivity contribution in [3.8, 4) is 5.75 Å². The van der Waals surface area contributed by atoms with Crippen molar-refractivity contribution in [3.63, 3.8) is 0 Å². The zero-order valence-electron chi connectivity index (χ0n) is 10.7. The maximum absolute atomic E-state index is 11.8. The quantitative estimate of drug-likeness (QED) is 0.844. The zero-order valence-corrected chi connectivity index (χ0v) is 12.3. The molecule has 0 bridgehead atoms. The minimum absolute atomic E-state index is 0.0969. The smallest absolute Gasteiger partial charge is 0.223 e. The number of carbonyl (C=O) groups is 1. The van der Waals surface area contributed by atoms with E-state index < -0.39 is 0 Å². The molecule has 1 amide bonds. The van der Waals surface area contributed by atoms with Crippen LogP contribution in [0.1, 0.15) is 12.8 Å². The van der Waals surface area contributed by atoms with E-state index in [1.165, 1.54) is 0 Å². The van der Waals surface area contributed by atoms with E-state index in [-0.39, 0.29) is 11.8 Å². The van der Waals surface area contributed by atoms with Gasteiger partial charge >= 0.3 is 0 Å². The highest BCUT2D eigenvalue weighted by atomic mass is 79.9. The molecule has 1 aliphatic heterocycles. The maximum Gasteiger partial charge on any atom is 0.223 e. The van der Waals surface area contributed by atoms with Gasteiger partial charge in [-0.3, -0.25) is 4.79 Å². The van der Waals surface area contributed by atoms with Gasteiger partial charge in [-0.2, -0.15) is 0 Å². The monoisotopic (exact) mass is 327 g/mol. The fourth-order valence-electron chi connectivity index (χ4n) is 2.00. The van der Waals surface area contributed by atoms with E-state index in [9.17, 15) is 4.79 Å². The van der Waals surface area contributed by atoms with Crippen molar-refractivity contribution >= 4 is 21.8 Å². The Morgan fingerprint density at radius 2 is 2.21 bits per heavy atom. The third-order valence-electron chi connectivity index (χ3n) is 3.06. The average molecular weight is 328 g/mol. The Labute approximate surface area is 121 Å². The van der Waals surface area contributed by atoms with Crippen LogP contribution in [0.2, 0.25) is 0 Å². The number of ether oxygens (including phenoxy) is 2. The molecule has 0 unspecified atom stereocenters. The van der Waals surface area contributed by atoms with Crippen LogP contribution in [-0.2, 0) is 9.53 Å². The second-order valence-corrected chi connectivity index (χ2v) is 5.40. The summed E-state index contributed by atoms with van der Waals surface area (Å²) >= 11 is 3.38. The molecule has 0 aliphatic carbocycles. The number of halogens is 1. The Morgan fingerprint density at radius 1 is 1.42 bits per heavy atom. The van der Waals surface area contributed by atoms with Crippen molar-refractivity contribution < 1.29 is 14.3 Å². The Hall–Kier alpha value is -1.07. The van der Waals surface area contributed by atoms with Gasteiger partial charge < -0.3 is 14.8 Å². The highest BCUT2D eigenvalue weighted by molar-refractivity contribution is 9.10. The van der Waals surface area contributed by atoms with Gasteiger partial charge in [0.05, 0.1) is 6.54 Å². The first-order chi connectivity index (χ1) is 9.25. The second kappa shape index (κ2) is 7.50. The van der Waals surface area contributed by atoms with Crippen molar-refractivity contribution in [2.24, 2.45) is 5.92 Å². The standard InChI is InChI=1S/C14H18BrNO3/c15-12-2-1-3-13(10-12)19-9-6-16-14(17)11-4-7-18-8-5-11/h1-3,10-11H,4-9H2,(H,16,17). The number of hydrogen-bond donors (Lipinski definition) is 1. The van der Waals surface area contributed by atoms with E-state index in [1.54, 1.807) is 0 Å². The van der Waals surface area contributed by atoms with Gasteiger partial charge in [0.2, 0.25) is 5.91 Å². The Balaban J connectivity index is 1.65. The molecule has 2 rings (SSSR count). The Bertz CT molecular complexity index is 419. The summed E-state index contributed by atoms with van der Waals surface area (Å²) in [5.41, 5.74) is 0. The molecule has 0 atom stereocenters. The molecule has 0 spiro atoms. The number of amides is 1. The van der Waals surface area contributed by atoms with Crippen LogP contribution in [0.4, 0.5) is 0 Å². The molecular formula is C14H18BrNO3. The first-order valence-electron chi connectivity index (χ1n) is 6.49. The van der Waals surface area contributed by atoms with Gasteiger partial charge in [-0.1, -0.05) is 22.0 Å². The van der Waals surface area contributed by atoms with Gasteiger partial charge in [-0.25, -0.2) is 0 Å². The van der Waals surface area contributed by atoms with Gasteiger partial charge in [-0.15, -0.1) is 0 Å². The van der Waals surface area contributed by atoms with Crippen molar-refractivity contribution in [1.82, 2.24) is 5.32 Å². The van der Waals surface area contributed by atoms with Gasteiger partial charge in [-0.05, 0) is 31.0 Å². The summed E-state index contributed by atoms with van der Waals surface area (Å²) in [5, 5.41) is 2.91. The molecule has 0 saturated carbocycles. The van der Waals surface area contributed by atoms with Gasteiger partial charge in [0.25, 0.3) is 0 Å². The van der Waals surface area contributed by atoms with Crippen LogP contribution in [0.3, 0.4) is 0 Å². The topological polar surface area (TPSA) is 47.6 Å². The summed E-state index contributed by atoms with van der Waals surface area (Å²) in [7, 11) is 0. The molecule has 0 aromatic heterocycles. The lowest BCUT2D eigenvalue weighted by molar-refractivity contribution is -0.127. The highest BCUT2D eigenvalue weighted by Crippen LogP contribution is 2.17. The van der Waals surface area contributed by atoms with E-state index in [0.717, 1.165) is 23.1 Å². The molecule has 1 fully saturated rings. The van der Waals surface area contributed by atoms with Crippen LogP contribution in [0.25, 0.3) is 0 Å². The average Bonchev–Trinajstić information content (AvgIpc) is 2.44. The predicted octanol–water partition coefficient (Wildman–Crippen LogP) is 2.37. The number of carbonyl (C=O) groups excluding carboxylic acids is 1. The van der Waals surface area contributed by atoms with Crippen molar-refractivity contribution in [1.29, 1.82) is 0 Å². The Morgan fingerprint density at radius 3 is 2.95 bits per heavy atom. The fourth-order valence-corrected chi connectivity index (χ4v) is 2.38. The van der Waals surface area contributed by atoms with Gasteiger partial charge in [0.1, 0.15) is 12.4 Å². The van der Waals surface area contributed by atoms with Crippen molar-refractivity contribution in [2.75, 3.05) is 26.4 Å². The number of rotatable bonds is 5. The molecule has 1 N–H and O–H groups in total. The number of hydrogen-bond acceptors (Lipinski definition) is 3. The lowest BCUT2D eigenvalue weighted by Gasteiger charge is -2.21. The van der Waals surface area contributed by atoms with Crippen LogP contribution in [0.5, 0.6) is 5.75 Å². The van der Waals surface area contributed by atoms with Crippen LogP contribution in [-0.4, -0.2) is 32.3 Å². The van der Waals surface area contributed by atoms with Crippen LogP contribution >= 0.6 is 15.9 Å². The normalized spacial score (nSPS) is 16.1. The fraction of sp³-hybridized carbons (Fsp3) is 0.500. The summed E-state index contributed by atoms with van der Waals surface area (Å²) in [6, 6.07) is 7.66. The number of benzene rings is 1. The lowest BCUT2D eigenvalue weighted by atomic mass is 9.99. The maximum atomic E-state index is 11.8. The van der Waals surface area contributed by atoms with Crippen molar-refractivity contribution in [2.45, 2.75) is 12.8 Å². The minimum atomic E-state index is 0.0969. The molecule has 1 saturated heterocycles. The molecule has 1 aromatic carbocycles. The summed E-state index contributed by atoms with van der Waals surface area (Å²) in [4.78, 5) is 11.8. The van der Waals surface area contributed by atoms with Crippen molar-refractivity contribution in [3.05, 3.63) is 28.7 Å². The highest BCUT2D eigenvalue weighted by Gasteiger charge is 2.20. The predicted molar refractivity (Wildman–Crippen MR) is 76.2 cm³/mol. The first kappa shape index (κ1) is 14.3. The molecule has 1 heterocycles. The first-order valence-corrected chi connectivity index (χ1v) is 7.29. The van der Waals surface area contributed by atoms with Gasteiger partial charge in [0, 0.05) is 23.6 Å². The summed E-state index contributed by atoms with van der Waals surface area (Å²) in [5.74, 6) is 1.01. The zero-order chi connectivity index (χ0) is 13.5. The summed E-state index contributed by atoms with van der Waals surface area (Å²) in [6.45, 7) is 2.38. The van der Waals surface area contributed by atoms with E-state index in [1.807, 2.05) is 24.3 Å². The molecule has 1 aliphatic rings. The van der Waals surface area contributed by atoms with E-state index in [0.29, 0.717) is 26.4 Å². The van der Waals surface area contributed by atoms with E-state index in [2.05, 4.69) is 21.2 Å². The number of nitrogens with one attached hydrogen (secondary N) is 1. The van der Waals surface area contributed by atoms with Crippen LogP contribution in [0, 0.1) is 5.92 Å². The second-order valence-electron chi connectivity index (χ2n) is 4.48. The lowest BCUT2D eigenvalue weighted by Crippen LogP contribution is -2.36. The summed E-state index contributed by atoms with van der Waals surface area (Å²) < 4.78 is 11.8. The third-order valence-corrected chi connectivity index (χ3v) is 3.55. The molecule has 4 nitrogen and oxygen atoms in total. The third kappa shape index (κ3) is 4.84. The molecule has 19 heavy (non-hydrogen) atoms. The van der Waals surface area contributed by atoms with Crippen LogP contribution in [0.15, 0.2) is 28.7 Å². The summed E-state index contributed by atoms with van der Waals surface area (Å²) in [6.07, 6.45) is 1.64. The molecule has 0 radical (unpaired) electrons. The SMILES string of the molecule is O=C(NCCOc1cccc(Br)c1)C1CCOCC1. The largest absolute Gasteiger partial charge is 0.492 e. The Kier molecular flexibility index (Phi) is 5.66. The molecule has 104 valence electrons. The van der Waals surface area contributed by atoms with E-state index in [4.69, 9.17) is 9.47 Å². The molecule has 5 heteroatoms. The minimum Gasteiger partial charge on any atom is -0.492 e.